The van der Waals surface area contributed by atoms with Crippen LogP contribution in [0.15, 0.2) is 46.6 Å². The molecule has 0 saturated heterocycles. The van der Waals surface area contributed by atoms with Gasteiger partial charge in [-0.3, -0.25) is 4.79 Å². The second kappa shape index (κ2) is 6.50. The lowest BCUT2D eigenvalue weighted by Gasteiger charge is -2.50. The monoisotopic (exact) mass is 366 g/mol. The quantitative estimate of drug-likeness (QED) is 0.441. The number of fused-ring (bicyclic) bond motifs is 4. The third-order valence-electron chi connectivity index (χ3n) is 7.75. The molecule has 0 aromatic carbocycles. The summed E-state index contributed by atoms with van der Waals surface area (Å²) in [5, 5.41) is 0. The highest BCUT2D eigenvalue weighted by Gasteiger charge is 2.52. The Kier molecular flexibility index (Phi) is 4.52. The highest BCUT2D eigenvalue weighted by Crippen LogP contribution is 2.62. The molecule has 0 heterocycles. The van der Waals surface area contributed by atoms with Gasteiger partial charge in [0.2, 0.25) is 0 Å². The molecule has 4 aliphatic carbocycles. The molecule has 146 valence electrons. The Bertz CT molecular complexity index is 778. The fourth-order valence-electron chi connectivity index (χ4n) is 5.77. The van der Waals surface area contributed by atoms with Crippen LogP contribution in [0.2, 0.25) is 0 Å². The van der Waals surface area contributed by atoms with Crippen molar-refractivity contribution in [3.63, 3.8) is 0 Å². The van der Waals surface area contributed by atoms with E-state index in [0.29, 0.717) is 18.4 Å². The molecule has 4 atom stereocenters. The number of rotatable bonds is 3. The third kappa shape index (κ3) is 2.79. The Labute approximate surface area is 164 Å². The van der Waals surface area contributed by atoms with Gasteiger partial charge in [-0.1, -0.05) is 63.1 Å². The maximum atomic E-state index is 13.2. The fraction of sp³-hybridized carbons (Fsp3) is 0.640. The first-order valence-corrected chi connectivity index (χ1v) is 10.8. The summed E-state index contributed by atoms with van der Waals surface area (Å²) in [4.78, 5) is 13.2. The van der Waals surface area contributed by atoms with Crippen molar-refractivity contribution in [3.05, 3.63) is 46.6 Å². The van der Waals surface area contributed by atoms with Crippen molar-refractivity contribution in [3.8, 4) is 0 Å². The van der Waals surface area contributed by atoms with E-state index < -0.39 is 0 Å². The van der Waals surface area contributed by atoms with Gasteiger partial charge in [-0.25, -0.2) is 0 Å². The molecule has 2 heteroatoms. The van der Waals surface area contributed by atoms with E-state index in [4.69, 9.17) is 4.74 Å². The fourth-order valence-corrected chi connectivity index (χ4v) is 5.77. The molecule has 27 heavy (non-hydrogen) atoms. The molecule has 1 unspecified atom stereocenters. The van der Waals surface area contributed by atoms with Gasteiger partial charge in [0.1, 0.15) is 0 Å². The number of hydrogen-bond acceptors (Lipinski definition) is 2. The van der Waals surface area contributed by atoms with Crippen LogP contribution >= 0.6 is 0 Å². The summed E-state index contributed by atoms with van der Waals surface area (Å²) < 4.78 is 5.77. The lowest BCUT2D eigenvalue weighted by molar-refractivity contribution is -0.148. The van der Waals surface area contributed by atoms with E-state index in [2.05, 4.69) is 58.9 Å². The van der Waals surface area contributed by atoms with Crippen LogP contribution in [0.5, 0.6) is 0 Å². The Balaban J connectivity index is 1.82. The standard InChI is InChI=1S/C25H34O2/c1-16(2)15-27-23(26)19-14-18-8-6-7-12-25(18,5)21-11-13-24(4)17(3)9-10-20(24)22(19)21/h7-8,10,12,16-17,19H,6,9,11,13-15H2,1-5H3/t17?,19-,24-,25+/m1/s1. The highest BCUT2D eigenvalue weighted by molar-refractivity contribution is 5.80. The summed E-state index contributed by atoms with van der Waals surface area (Å²) in [6.07, 6.45) is 14.7. The van der Waals surface area contributed by atoms with E-state index in [1.807, 2.05) is 0 Å². The average Bonchev–Trinajstić information content (AvgIpc) is 2.94. The van der Waals surface area contributed by atoms with Crippen LogP contribution in [-0.2, 0) is 9.53 Å². The number of esters is 1. The van der Waals surface area contributed by atoms with Crippen molar-refractivity contribution in [1.29, 1.82) is 0 Å². The molecule has 0 radical (unpaired) electrons. The topological polar surface area (TPSA) is 26.3 Å². The van der Waals surface area contributed by atoms with Gasteiger partial charge in [0.05, 0.1) is 12.5 Å². The zero-order chi connectivity index (χ0) is 19.4. The second-order valence-electron chi connectivity index (χ2n) is 9.91. The number of carbonyl (C=O) groups is 1. The number of hydrogen-bond donors (Lipinski definition) is 0. The van der Waals surface area contributed by atoms with Gasteiger partial charge in [-0.15, -0.1) is 0 Å². The molecule has 0 saturated carbocycles. The Morgan fingerprint density at radius 2 is 2.07 bits per heavy atom. The zero-order valence-electron chi connectivity index (χ0n) is 17.6. The summed E-state index contributed by atoms with van der Waals surface area (Å²) in [6, 6.07) is 0. The molecule has 0 fully saturated rings. The lowest BCUT2D eigenvalue weighted by atomic mass is 9.54. The molecule has 0 bridgehead atoms. The van der Waals surface area contributed by atoms with Gasteiger partial charge in [-0.05, 0) is 67.4 Å². The number of carbonyl (C=O) groups excluding carboxylic acids is 1. The van der Waals surface area contributed by atoms with E-state index in [9.17, 15) is 4.79 Å². The van der Waals surface area contributed by atoms with E-state index in [-0.39, 0.29) is 22.7 Å². The maximum Gasteiger partial charge on any atom is 0.313 e. The summed E-state index contributed by atoms with van der Waals surface area (Å²) in [7, 11) is 0. The predicted molar refractivity (Wildman–Crippen MR) is 110 cm³/mol. The van der Waals surface area contributed by atoms with Crippen molar-refractivity contribution < 1.29 is 9.53 Å². The van der Waals surface area contributed by atoms with Crippen LogP contribution in [-0.4, -0.2) is 12.6 Å². The minimum atomic E-state index is -0.124. The van der Waals surface area contributed by atoms with Crippen LogP contribution in [0.25, 0.3) is 0 Å². The van der Waals surface area contributed by atoms with Crippen LogP contribution in [0.4, 0.5) is 0 Å². The summed E-state index contributed by atoms with van der Waals surface area (Å²) >= 11 is 0. The van der Waals surface area contributed by atoms with Gasteiger partial charge in [-0.2, -0.15) is 0 Å². The van der Waals surface area contributed by atoms with Gasteiger partial charge in [0.15, 0.2) is 0 Å². The highest BCUT2D eigenvalue weighted by atomic mass is 16.5. The molecule has 2 nitrogen and oxygen atoms in total. The van der Waals surface area contributed by atoms with E-state index in [0.717, 1.165) is 25.7 Å². The van der Waals surface area contributed by atoms with Gasteiger partial charge in [0.25, 0.3) is 0 Å². The van der Waals surface area contributed by atoms with Crippen molar-refractivity contribution in [1.82, 2.24) is 0 Å². The minimum Gasteiger partial charge on any atom is -0.465 e. The molecular formula is C25H34O2. The van der Waals surface area contributed by atoms with Crippen molar-refractivity contribution in [2.45, 2.75) is 66.7 Å². The smallest absolute Gasteiger partial charge is 0.313 e. The number of allylic oxidation sites excluding steroid dienone is 7. The zero-order valence-corrected chi connectivity index (χ0v) is 17.6. The predicted octanol–water partition coefficient (Wildman–Crippen LogP) is 6.16. The SMILES string of the molecule is CC(C)COC(=O)[C@@H]1CC2=CCC=C[C@]2(C)C2=C1C1=CCC(C)[C@@]1(C)CC2. The molecule has 0 aliphatic heterocycles. The molecule has 0 amide bonds. The summed E-state index contributed by atoms with van der Waals surface area (Å²) in [5.74, 6) is 0.884. The first-order valence-electron chi connectivity index (χ1n) is 10.8. The lowest BCUT2D eigenvalue weighted by Crippen LogP contribution is -2.41. The Morgan fingerprint density at radius 3 is 2.81 bits per heavy atom. The van der Waals surface area contributed by atoms with Gasteiger partial charge in [0, 0.05) is 5.41 Å². The molecule has 0 N–H and O–H groups in total. The molecule has 0 spiro atoms. The van der Waals surface area contributed by atoms with Crippen molar-refractivity contribution in [2.24, 2.45) is 28.6 Å². The Morgan fingerprint density at radius 1 is 1.30 bits per heavy atom. The number of ether oxygens (including phenoxy) is 1. The van der Waals surface area contributed by atoms with E-state index >= 15 is 0 Å². The molecule has 0 aromatic rings. The van der Waals surface area contributed by atoms with E-state index in [1.165, 1.54) is 28.7 Å². The molecule has 4 rings (SSSR count). The summed E-state index contributed by atoms with van der Waals surface area (Å²) in [6.45, 7) is 11.9. The van der Waals surface area contributed by atoms with Gasteiger partial charge >= 0.3 is 5.97 Å². The average molecular weight is 367 g/mol. The van der Waals surface area contributed by atoms with Crippen molar-refractivity contribution in [2.75, 3.05) is 6.61 Å². The molecular weight excluding hydrogens is 332 g/mol. The Hall–Kier alpha value is -1.57. The minimum absolute atomic E-state index is 0.00356. The first-order chi connectivity index (χ1) is 12.8. The molecule has 0 aromatic heterocycles. The largest absolute Gasteiger partial charge is 0.465 e. The summed E-state index contributed by atoms with van der Waals surface area (Å²) in [5.41, 5.74) is 5.92. The normalized spacial score (nSPS) is 37.4. The van der Waals surface area contributed by atoms with Crippen molar-refractivity contribution >= 4 is 5.97 Å². The van der Waals surface area contributed by atoms with Crippen LogP contribution < -0.4 is 0 Å². The van der Waals surface area contributed by atoms with Gasteiger partial charge < -0.3 is 4.74 Å². The van der Waals surface area contributed by atoms with Crippen LogP contribution in [0.1, 0.15) is 66.7 Å². The van der Waals surface area contributed by atoms with Crippen LogP contribution in [0.3, 0.4) is 0 Å². The third-order valence-corrected chi connectivity index (χ3v) is 7.75. The second-order valence-corrected chi connectivity index (χ2v) is 9.91. The van der Waals surface area contributed by atoms with E-state index in [1.54, 1.807) is 0 Å². The first kappa shape index (κ1) is 18.8. The van der Waals surface area contributed by atoms with Crippen LogP contribution in [0, 0.1) is 28.6 Å². The maximum absolute atomic E-state index is 13.2. The molecule has 4 aliphatic rings.